The Bertz CT molecular complexity index is 636. The topological polar surface area (TPSA) is 25.2 Å². The molecule has 1 aliphatic heterocycles. The van der Waals surface area contributed by atoms with E-state index in [1.165, 1.54) is 24.9 Å². The van der Waals surface area contributed by atoms with Crippen molar-refractivity contribution in [1.29, 1.82) is 0 Å². The molecule has 0 atom stereocenters. The lowest BCUT2D eigenvalue weighted by molar-refractivity contribution is 0.112. The zero-order valence-corrected chi connectivity index (χ0v) is 11.7. The first-order valence-corrected chi connectivity index (χ1v) is 7.27. The second kappa shape index (κ2) is 5.53. The largest absolute Gasteiger partial charge is 0.372 e. The summed E-state index contributed by atoms with van der Waals surface area (Å²) in [6.07, 6.45) is 8.56. The summed E-state index contributed by atoms with van der Waals surface area (Å²) in [6, 6.07) is 6.45. The van der Waals surface area contributed by atoms with Gasteiger partial charge in [0.15, 0.2) is 6.29 Å². The SMILES string of the molecule is C=CCn1cc(C=O)c2cc(N3CCCCC3)ccc21. The Kier molecular flexibility index (Phi) is 3.59. The van der Waals surface area contributed by atoms with E-state index in [4.69, 9.17) is 0 Å². The lowest BCUT2D eigenvalue weighted by atomic mass is 10.1. The minimum atomic E-state index is 0.730. The number of aldehydes is 1. The summed E-state index contributed by atoms with van der Waals surface area (Å²) in [4.78, 5) is 13.7. The summed E-state index contributed by atoms with van der Waals surface area (Å²) < 4.78 is 2.08. The van der Waals surface area contributed by atoms with Crippen LogP contribution < -0.4 is 4.90 Å². The third-order valence-corrected chi connectivity index (χ3v) is 4.07. The van der Waals surface area contributed by atoms with E-state index in [-0.39, 0.29) is 0 Å². The molecule has 0 saturated carbocycles. The Morgan fingerprint density at radius 2 is 2.00 bits per heavy atom. The number of benzene rings is 1. The molecule has 3 rings (SSSR count). The molecule has 0 bridgehead atoms. The molecule has 2 heterocycles. The lowest BCUT2D eigenvalue weighted by Crippen LogP contribution is -2.29. The Morgan fingerprint density at radius 1 is 1.20 bits per heavy atom. The van der Waals surface area contributed by atoms with Crippen molar-refractivity contribution in [3.8, 4) is 0 Å². The molecule has 1 aromatic heterocycles. The molecule has 0 aliphatic carbocycles. The summed E-state index contributed by atoms with van der Waals surface area (Å²) in [5, 5.41) is 1.05. The zero-order valence-electron chi connectivity index (χ0n) is 11.7. The van der Waals surface area contributed by atoms with Gasteiger partial charge in [0.1, 0.15) is 0 Å². The summed E-state index contributed by atoms with van der Waals surface area (Å²) in [5.41, 5.74) is 3.10. The van der Waals surface area contributed by atoms with E-state index < -0.39 is 0 Å². The van der Waals surface area contributed by atoms with Gasteiger partial charge in [-0.15, -0.1) is 6.58 Å². The van der Waals surface area contributed by atoms with Gasteiger partial charge in [-0.2, -0.15) is 0 Å². The maximum atomic E-state index is 11.3. The molecule has 0 amide bonds. The first-order chi connectivity index (χ1) is 9.83. The molecule has 0 spiro atoms. The first-order valence-electron chi connectivity index (χ1n) is 7.27. The minimum Gasteiger partial charge on any atom is -0.372 e. The smallest absolute Gasteiger partial charge is 0.152 e. The molecule has 1 aliphatic rings. The molecule has 1 aromatic carbocycles. The number of hydrogen-bond acceptors (Lipinski definition) is 2. The van der Waals surface area contributed by atoms with Gasteiger partial charge in [-0.05, 0) is 37.5 Å². The molecule has 3 heteroatoms. The average molecular weight is 268 g/mol. The standard InChI is InChI=1S/C17H20N2O/c1-2-8-19-12-14(13-20)16-11-15(6-7-17(16)19)18-9-4-3-5-10-18/h2,6-7,11-13H,1,3-5,8-10H2. The quantitative estimate of drug-likeness (QED) is 0.625. The van der Waals surface area contributed by atoms with Crippen LogP contribution >= 0.6 is 0 Å². The zero-order chi connectivity index (χ0) is 13.9. The van der Waals surface area contributed by atoms with Crippen molar-refractivity contribution in [2.24, 2.45) is 0 Å². The van der Waals surface area contributed by atoms with Gasteiger partial charge in [0.2, 0.25) is 0 Å². The van der Waals surface area contributed by atoms with Crippen LogP contribution in [0, 0.1) is 0 Å². The highest BCUT2D eigenvalue weighted by Gasteiger charge is 2.13. The Balaban J connectivity index is 2.05. The van der Waals surface area contributed by atoms with Crippen LogP contribution in [0.2, 0.25) is 0 Å². The summed E-state index contributed by atoms with van der Waals surface area (Å²) in [7, 11) is 0. The van der Waals surface area contributed by atoms with Crippen molar-refractivity contribution >= 4 is 22.9 Å². The maximum absolute atomic E-state index is 11.3. The molecule has 0 unspecified atom stereocenters. The van der Waals surface area contributed by atoms with Crippen LogP contribution in [-0.2, 0) is 6.54 Å². The molecule has 2 aromatic rings. The number of rotatable bonds is 4. The van der Waals surface area contributed by atoms with Gasteiger partial charge in [0, 0.05) is 48.0 Å². The monoisotopic (exact) mass is 268 g/mol. The Hall–Kier alpha value is -2.03. The number of fused-ring (bicyclic) bond motifs is 1. The third-order valence-electron chi connectivity index (χ3n) is 4.07. The van der Waals surface area contributed by atoms with Crippen molar-refractivity contribution in [1.82, 2.24) is 4.57 Å². The normalized spacial score (nSPS) is 15.5. The fraction of sp³-hybridized carbons (Fsp3) is 0.353. The van der Waals surface area contributed by atoms with Crippen LogP contribution in [0.3, 0.4) is 0 Å². The van der Waals surface area contributed by atoms with E-state index in [2.05, 4.69) is 34.2 Å². The highest BCUT2D eigenvalue weighted by Crippen LogP contribution is 2.27. The first kappa shape index (κ1) is 13.0. The molecule has 1 fully saturated rings. The fourth-order valence-electron chi connectivity index (χ4n) is 3.05. The fourth-order valence-corrected chi connectivity index (χ4v) is 3.05. The van der Waals surface area contributed by atoms with Crippen molar-refractivity contribution in [3.63, 3.8) is 0 Å². The number of carbonyl (C=O) groups is 1. The van der Waals surface area contributed by atoms with E-state index in [9.17, 15) is 4.79 Å². The van der Waals surface area contributed by atoms with Crippen LogP contribution in [0.4, 0.5) is 5.69 Å². The van der Waals surface area contributed by atoms with Gasteiger partial charge < -0.3 is 9.47 Å². The molecular formula is C17H20N2O. The minimum absolute atomic E-state index is 0.730. The molecule has 20 heavy (non-hydrogen) atoms. The van der Waals surface area contributed by atoms with E-state index >= 15 is 0 Å². The van der Waals surface area contributed by atoms with Crippen molar-refractivity contribution in [3.05, 3.63) is 42.6 Å². The Morgan fingerprint density at radius 3 is 2.70 bits per heavy atom. The van der Waals surface area contributed by atoms with Gasteiger partial charge in [-0.25, -0.2) is 0 Å². The van der Waals surface area contributed by atoms with Gasteiger partial charge in [-0.1, -0.05) is 6.08 Å². The van der Waals surface area contributed by atoms with Crippen LogP contribution in [0.25, 0.3) is 10.9 Å². The van der Waals surface area contributed by atoms with Gasteiger partial charge in [-0.3, -0.25) is 4.79 Å². The third kappa shape index (κ3) is 2.24. The molecule has 104 valence electrons. The Labute approximate surface area is 119 Å². The van der Waals surface area contributed by atoms with Gasteiger partial charge in [0.25, 0.3) is 0 Å². The predicted octanol–water partition coefficient (Wildman–Crippen LogP) is 3.63. The number of piperidine rings is 1. The molecular weight excluding hydrogens is 248 g/mol. The average Bonchev–Trinajstić information content (AvgIpc) is 2.86. The van der Waals surface area contributed by atoms with E-state index in [1.807, 2.05) is 12.3 Å². The molecule has 1 saturated heterocycles. The van der Waals surface area contributed by atoms with Crippen molar-refractivity contribution in [2.45, 2.75) is 25.8 Å². The second-order valence-electron chi connectivity index (χ2n) is 5.39. The maximum Gasteiger partial charge on any atom is 0.152 e. The highest BCUT2D eigenvalue weighted by atomic mass is 16.1. The lowest BCUT2D eigenvalue weighted by Gasteiger charge is -2.28. The van der Waals surface area contributed by atoms with Gasteiger partial charge in [0.05, 0.1) is 0 Å². The molecule has 0 N–H and O–H groups in total. The summed E-state index contributed by atoms with van der Waals surface area (Å²) in [6.45, 7) is 6.74. The number of aromatic nitrogens is 1. The number of carbonyl (C=O) groups excluding carboxylic acids is 1. The van der Waals surface area contributed by atoms with E-state index in [1.54, 1.807) is 0 Å². The van der Waals surface area contributed by atoms with E-state index in [0.717, 1.165) is 42.4 Å². The summed E-state index contributed by atoms with van der Waals surface area (Å²) >= 11 is 0. The second-order valence-corrected chi connectivity index (χ2v) is 5.39. The molecule has 3 nitrogen and oxygen atoms in total. The van der Waals surface area contributed by atoms with Gasteiger partial charge >= 0.3 is 0 Å². The summed E-state index contributed by atoms with van der Waals surface area (Å²) in [5.74, 6) is 0. The van der Waals surface area contributed by atoms with Crippen LogP contribution in [0.5, 0.6) is 0 Å². The van der Waals surface area contributed by atoms with Crippen molar-refractivity contribution in [2.75, 3.05) is 18.0 Å². The van der Waals surface area contributed by atoms with Crippen LogP contribution in [-0.4, -0.2) is 23.9 Å². The number of allylic oxidation sites excluding steroid dienone is 1. The van der Waals surface area contributed by atoms with Crippen molar-refractivity contribution < 1.29 is 4.79 Å². The van der Waals surface area contributed by atoms with Crippen LogP contribution in [0.15, 0.2) is 37.1 Å². The predicted molar refractivity (Wildman–Crippen MR) is 83.6 cm³/mol. The number of hydrogen-bond donors (Lipinski definition) is 0. The van der Waals surface area contributed by atoms with Crippen LogP contribution in [0.1, 0.15) is 29.6 Å². The molecule has 0 radical (unpaired) electrons. The number of anilines is 1. The highest BCUT2D eigenvalue weighted by molar-refractivity contribution is 5.99. The van der Waals surface area contributed by atoms with E-state index in [0.29, 0.717) is 0 Å². The number of nitrogens with zero attached hydrogens (tertiary/aromatic N) is 2.